The first-order valence-electron chi connectivity index (χ1n) is 11.1. The molecule has 0 aromatic heterocycles. The molecule has 1 aliphatic rings. The van der Waals surface area contributed by atoms with Gasteiger partial charge in [0, 0.05) is 18.4 Å². The van der Waals surface area contributed by atoms with Crippen LogP contribution in [0, 0.1) is 0 Å². The highest BCUT2D eigenvalue weighted by atomic mass is 16.5. The first-order valence-corrected chi connectivity index (χ1v) is 11.1. The highest BCUT2D eigenvalue weighted by molar-refractivity contribution is 6.23. The number of carbonyl (C=O) groups excluding carboxylic acids is 4. The van der Waals surface area contributed by atoms with Gasteiger partial charge in [-0.15, -0.1) is 0 Å². The van der Waals surface area contributed by atoms with Crippen molar-refractivity contribution in [1.82, 2.24) is 10.4 Å². The van der Waals surface area contributed by atoms with E-state index in [1.165, 1.54) is 27.2 Å². The zero-order chi connectivity index (χ0) is 25.8. The Bertz CT molecular complexity index is 1330. The first kappa shape index (κ1) is 24.5. The van der Waals surface area contributed by atoms with E-state index in [-0.39, 0.29) is 17.9 Å². The van der Waals surface area contributed by atoms with Gasteiger partial charge in [0.15, 0.2) is 6.61 Å². The minimum absolute atomic E-state index is 0.213. The van der Waals surface area contributed by atoms with Crippen LogP contribution in [0.5, 0.6) is 17.2 Å². The third-order valence-corrected chi connectivity index (χ3v) is 5.76. The lowest BCUT2D eigenvalue weighted by molar-refractivity contribution is -0.146. The monoisotopic (exact) mass is 491 g/mol. The predicted octanol–water partition coefficient (Wildman–Crippen LogP) is 2.45. The van der Waals surface area contributed by atoms with E-state index in [0.717, 1.165) is 20.7 Å². The molecule has 0 radical (unpaired) electrons. The van der Waals surface area contributed by atoms with E-state index in [0.29, 0.717) is 11.5 Å². The van der Waals surface area contributed by atoms with Gasteiger partial charge in [0.1, 0.15) is 23.3 Å². The van der Waals surface area contributed by atoms with Gasteiger partial charge in [0.05, 0.1) is 26.3 Å². The standard InChI is InChI=1S/C26H25N3O7/c1-16(30)29(27-24(31)15-36-22-10-6-8-17-7-4-5-9-19(17)22)21-14-25(32)28(26(21)33)20-12-11-18(34-2)13-23(20)35-3/h4-13,21H,14-15H2,1-3H3,(H,27,31). The minimum atomic E-state index is -1.22. The number of amides is 4. The summed E-state index contributed by atoms with van der Waals surface area (Å²) < 4.78 is 16.2. The molecule has 3 aromatic carbocycles. The third kappa shape index (κ3) is 4.78. The van der Waals surface area contributed by atoms with Crippen molar-refractivity contribution in [1.29, 1.82) is 0 Å². The molecule has 1 atom stereocenters. The molecule has 1 fully saturated rings. The fraction of sp³-hybridized carbons (Fsp3) is 0.231. The van der Waals surface area contributed by atoms with Gasteiger partial charge in [-0.05, 0) is 23.6 Å². The van der Waals surface area contributed by atoms with Gasteiger partial charge in [-0.2, -0.15) is 0 Å². The van der Waals surface area contributed by atoms with E-state index in [1.807, 2.05) is 36.4 Å². The van der Waals surface area contributed by atoms with Crippen molar-refractivity contribution in [2.24, 2.45) is 0 Å². The summed E-state index contributed by atoms with van der Waals surface area (Å²) in [6, 6.07) is 16.4. The highest BCUT2D eigenvalue weighted by Crippen LogP contribution is 2.36. The van der Waals surface area contributed by atoms with Gasteiger partial charge in [0.25, 0.3) is 11.8 Å². The van der Waals surface area contributed by atoms with Gasteiger partial charge < -0.3 is 14.2 Å². The molecule has 1 unspecified atom stereocenters. The number of nitrogens with zero attached hydrogens (tertiary/aromatic N) is 2. The molecule has 186 valence electrons. The topological polar surface area (TPSA) is 114 Å². The van der Waals surface area contributed by atoms with Crippen molar-refractivity contribution in [3.63, 3.8) is 0 Å². The second-order valence-corrected chi connectivity index (χ2v) is 8.02. The Morgan fingerprint density at radius 2 is 1.75 bits per heavy atom. The molecule has 1 heterocycles. The molecule has 0 bridgehead atoms. The number of methoxy groups -OCH3 is 2. The van der Waals surface area contributed by atoms with Gasteiger partial charge in [-0.1, -0.05) is 36.4 Å². The lowest BCUT2D eigenvalue weighted by atomic mass is 10.1. The van der Waals surface area contributed by atoms with Gasteiger partial charge in [-0.25, -0.2) is 9.91 Å². The number of fused-ring (bicyclic) bond motifs is 1. The zero-order valence-electron chi connectivity index (χ0n) is 20.0. The first-order chi connectivity index (χ1) is 17.3. The Morgan fingerprint density at radius 3 is 2.47 bits per heavy atom. The van der Waals surface area contributed by atoms with Crippen LogP contribution in [0.2, 0.25) is 0 Å². The fourth-order valence-electron chi connectivity index (χ4n) is 4.05. The molecular formula is C26H25N3O7. The van der Waals surface area contributed by atoms with E-state index in [4.69, 9.17) is 14.2 Å². The van der Waals surface area contributed by atoms with Crippen LogP contribution < -0.4 is 24.5 Å². The van der Waals surface area contributed by atoms with Gasteiger partial charge >= 0.3 is 0 Å². The molecule has 10 heteroatoms. The smallest absolute Gasteiger partial charge is 0.276 e. The number of ether oxygens (including phenoxy) is 3. The van der Waals surface area contributed by atoms with Crippen molar-refractivity contribution >= 4 is 40.1 Å². The summed E-state index contributed by atoms with van der Waals surface area (Å²) >= 11 is 0. The summed E-state index contributed by atoms with van der Waals surface area (Å²) in [6.07, 6.45) is -0.307. The quantitative estimate of drug-likeness (QED) is 0.399. The van der Waals surface area contributed by atoms with Crippen LogP contribution in [0.15, 0.2) is 60.7 Å². The summed E-state index contributed by atoms with van der Waals surface area (Å²) in [5.74, 6) is -1.24. The molecule has 1 saturated heterocycles. The number of imide groups is 1. The van der Waals surface area contributed by atoms with Crippen molar-refractivity contribution in [2.45, 2.75) is 19.4 Å². The summed E-state index contributed by atoms with van der Waals surface area (Å²) in [7, 11) is 2.88. The number of hydrogen-bond donors (Lipinski definition) is 1. The number of nitrogens with one attached hydrogen (secondary N) is 1. The number of benzene rings is 3. The van der Waals surface area contributed by atoms with Crippen molar-refractivity contribution in [3.05, 3.63) is 60.7 Å². The third-order valence-electron chi connectivity index (χ3n) is 5.76. The van der Waals surface area contributed by atoms with Crippen molar-refractivity contribution in [3.8, 4) is 17.2 Å². The van der Waals surface area contributed by atoms with Crippen LogP contribution in [-0.2, 0) is 19.2 Å². The molecular weight excluding hydrogens is 466 g/mol. The fourth-order valence-corrected chi connectivity index (χ4v) is 4.05. The Balaban J connectivity index is 1.49. The van der Waals surface area contributed by atoms with Gasteiger partial charge in [0.2, 0.25) is 11.8 Å². The average Bonchev–Trinajstić information content (AvgIpc) is 3.18. The number of hydrazine groups is 1. The average molecular weight is 492 g/mol. The number of carbonyl (C=O) groups is 4. The van der Waals surface area contributed by atoms with Crippen LogP contribution in [0.25, 0.3) is 10.8 Å². The lowest BCUT2D eigenvalue weighted by Gasteiger charge is -2.27. The summed E-state index contributed by atoms with van der Waals surface area (Å²) in [5, 5.41) is 2.65. The summed E-state index contributed by atoms with van der Waals surface area (Å²) in [6.45, 7) is 0.795. The predicted molar refractivity (Wildman–Crippen MR) is 131 cm³/mol. The second-order valence-electron chi connectivity index (χ2n) is 8.02. The highest BCUT2D eigenvalue weighted by Gasteiger charge is 2.45. The molecule has 0 saturated carbocycles. The Morgan fingerprint density at radius 1 is 1.00 bits per heavy atom. The van der Waals surface area contributed by atoms with Crippen molar-refractivity contribution in [2.75, 3.05) is 25.7 Å². The molecule has 4 rings (SSSR count). The molecule has 1 N–H and O–H groups in total. The molecule has 4 amide bonds. The number of anilines is 1. The summed E-state index contributed by atoms with van der Waals surface area (Å²) in [5.41, 5.74) is 2.63. The molecule has 3 aromatic rings. The lowest BCUT2D eigenvalue weighted by Crippen LogP contribution is -2.54. The van der Waals surface area contributed by atoms with Crippen LogP contribution in [-0.4, -0.2) is 55.5 Å². The van der Waals surface area contributed by atoms with E-state index in [9.17, 15) is 19.2 Å². The van der Waals surface area contributed by atoms with Crippen LogP contribution >= 0.6 is 0 Å². The van der Waals surface area contributed by atoms with E-state index >= 15 is 0 Å². The number of rotatable bonds is 7. The molecule has 1 aliphatic heterocycles. The SMILES string of the molecule is COc1ccc(N2C(=O)CC(N(NC(=O)COc3cccc4ccccc34)C(C)=O)C2=O)c(OC)c1. The van der Waals surface area contributed by atoms with E-state index in [1.54, 1.807) is 18.2 Å². The minimum Gasteiger partial charge on any atom is -0.497 e. The van der Waals surface area contributed by atoms with Crippen LogP contribution in [0.4, 0.5) is 5.69 Å². The molecule has 0 aliphatic carbocycles. The van der Waals surface area contributed by atoms with Crippen LogP contribution in [0.1, 0.15) is 13.3 Å². The van der Waals surface area contributed by atoms with Crippen LogP contribution in [0.3, 0.4) is 0 Å². The normalized spacial score (nSPS) is 15.1. The summed E-state index contributed by atoms with van der Waals surface area (Å²) in [4.78, 5) is 52.0. The molecule has 36 heavy (non-hydrogen) atoms. The second kappa shape index (κ2) is 10.3. The maximum atomic E-state index is 13.2. The van der Waals surface area contributed by atoms with Crippen molar-refractivity contribution < 1.29 is 33.4 Å². The molecule has 10 nitrogen and oxygen atoms in total. The van der Waals surface area contributed by atoms with E-state index < -0.39 is 36.3 Å². The zero-order valence-corrected chi connectivity index (χ0v) is 20.0. The van der Waals surface area contributed by atoms with E-state index in [2.05, 4.69) is 5.43 Å². The maximum absolute atomic E-state index is 13.2. The Hall–Kier alpha value is -4.60. The van der Waals surface area contributed by atoms with Gasteiger partial charge in [-0.3, -0.25) is 24.6 Å². The molecule has 0 spiro atoms. The largest absolute Gasteiger partial charge is 0.497 e. The maximum Gasteiger partial charge on any atom is 0.276 e. The Labute approximate surface area is 207 Å². The number of hydrogen-bond acceptors (Lipinski definition) is 7. The Kier molecular flexibility index (Phi) is 7.05.